The molecule has 0 saturated carbocycles. The molecule has 0 radical (unpaired) electrons. The Morgan fingerprint density at radius 3 is 2.25 bits per heavy atom. The summed E-state index contributed by atoms with van der Waals surface area (Å²) in [4.78, 5) is 0. The molecule has 0 atom stereocenters. The van der Waals surface area contributed by atoms with E-state index in [-0.39, 0.29) is 6.61 Å². The van der Waals surface area contributed by atoms with Crippen molar-refractivity contribution in [2.24, 2.45) is 0 Å². The van der Waals surface area contributed by atoms with Gasteiger partial charge in [-0.1, -0.05) is 24.3 Å². The zero-order valence-electron chi connectivity index (χ0n) is 11.8. The van der Waals surface area contributed by atoms with Gasteiger partial charge >= 0.3 is 0 Å². The van der Waals surface area contributed by atoms with Gasteiger partial charge in [0.05, 0.1) is 0 Å². The molecule has 112 valence electrons. The molecule has 0 aromatic heterocycles. The third kappa shape index (κ3) is 3.38. The van der Waals surface area contributed by atoms with Crippen LogP contribution in [0, 0.1) is 0 Å². The third-order valence-corrected chi connectivity index (χ3v) is 5.72. The summed E-state index contributed by atoms with van der Waals surface area (Å²) >= 11 is 0. The van der Waals surface area contributed by atoms with Gasteiger partial charge in [0.15, 0.2) is 0 Å². The van der Waals surface area contributed by atoms with Crippen LogP contribution in [0.25, 0.3) is 0 Å². The highest BCUT2D eigenvalue weighted by molar-refractivity contribution is 7.86. The molecule has 0 spiro atoms. The van der Waals surface area contributed by atoms with E-state index in [2.05, 4.69) is 12.1 Å². The smallest absolute Gasteiger partial charge is 0.281 e. The quantitative estimate of drug-likeness (QED) is 0.868. The highest BCUT2D eigenvalue weighted by atomic mass is 32.2. The van der Waals surface area contributed by atoms with Crippen molar-refractivity contribution in [1.29, 1.82) is 0 Å². The van der Waals surface area contributed by atoms with Gasteiger partial charge in [-0.05, 0) is 30.4 Å². The molecular weight excluding hydrogens is 276 g/mol. The predicted molar refractivity (Wildman–Crippen MR) is 78.7 cm³/mol. The van der Waals surface area contributed by atoms with Gasteiger partial charge in [-0.3, -0.25) is 0 Å². The molecule has 1 aromatic rings. The largest absolute Gasteiger partial charge is 0.396 e. The van der Waals surface area contributed by atoms with E-state index in [4.69, 9.17) is 5.11 Å². The molecule has 20 heavy (non-hydrogen) atoms. The van der Waals surface area contributed by atoms with Gasteiger partial charge in [0.2, 0.25) is 0 Å². The highest BCUT2D eigenvalue weighted by Gasteiger charge is 2.28. The number of hydrogen-bond donors (Lipinski definition) is 1. The maximum atomic E-state index is 12.5. The van der Waals surface area contributed by atoms with Gasteiger partial charge in [0, 0.05) is 33.3 Å². The Morgan fingerprint density at radius 1 is 1.20 bits per heavy atom. The van der Waals surface area contributed by atoms with Crippen LogP contribution >= 0.6 is 0 Å². The maximum absolute atomic E-state index is 12.5. The van der Waals surface area contributed by atoms with Crippen LogP contribution in [-0.2, 0) is 23.1 Å². The second kappa shape index (κ2) is 6.67. The molecule has 0 saturated heterocycles. The Balaban J connectivity index is 2.08. The SMILES string of the molecule is CN(CCCO)S(=O)(=O)N1CCc2ccccc2CC1. The van der Waals surface area contributed by atoms with E-state index >= 15 is 0 Å². The lowest BCUT2D eigenvalue weighted by atomic mass is 10.0. The zero-order valence-corrected chi connectivity index (χ0v) is 12.6. The minimum Gasteiger partial charge on any atom is -0.396 e. The van der Waals surface area contributed by atoms with Crippen molar-refractivity contribution in [1.82, 2.24) is 8.61 Å². The predicted octanol–water partition coefficient (Wildman–Crippen LogP) is 0.646. The standard InChI is InChI=1S/C14H22N2O3S/c1-15(9-4-12-17)20(18,19)16-10-7-13-5-2-3-6-14(13)8-11-16/h2-3,5-6,17H,4,7-12H2,1H3. The monoisotopic (exact) mass is 298 g/mol. The minimum absolute atomic E-state index is 0.00526. The number of aliphatic hydroxyl groups excluding tert-OH is 1. The van der Waals surface area contributed by atoms with E-state index in [0.717, 1.165) is 12.8 Å². The number of nitrogens with zero attached hydrogens (tertiary/aromatic N) is 2. The average Bonchev–Trinajstić information content (AvgIpc) is 2.67. The lowest BCUT2D eigenvalue weighted by Crippen LogP contribution is -2.43. The molecule has 0 fully saturated rings. The first-order chi connectivity index (χ1) is 9.55. The number of rotatable bonds is 5. The van der Waals surface area contributed by atoms with E-state index in [1.165, 1.54) is 15.4 Å². The fourth-order valence-electron chi connectivity index (χ4n) is 2.48. The fourth-order valence-corrected chi connectivity index (χ4v) is 3.88. The molecule has 1 aliphatic rings. The molecule has 0 amide bonds. The normalized spacial score (nSPS) is 16.9. The first-order valence-corrected chi connectivity index (χ1v) is 8.34. The van der Waals surface area contributed by atoms with E-state index in [0.29, 0.717) is 26.1 Å². The lowest BCUT2D eigenvalue weighted by Gasteiger charge is -2.26. The number of aliphatic hydroxyl groups is 1. The molecular formula is C14H22N2O3S. The van der Waals surface area contributed by atoms with Crippen molar-refractivity contribution in [3.8, 4) is 0 Å². The van der Waals surface area contributed by atoms with Crippen molar-refractivity contribution in [3.63, 3.8) is 0 Å². The van der Waals surface area contributed by atoms with Gasteiger partial charge in [0.1, 0.15) is 0 Å². The Labute approximate surface area is 121 Å². The Kier molecular flexibility index (Phi) is 5.15. The second-order valence-electron chi connectivity index (χ2n) is 5.07. The summed E-state index contributed by atoms with van der Waals surface area (Å²) in [7, 11) is -1.85. The van der Waals surface area contributed by atoms with Crippen molar-refractivity contribution < 1.29 is 13.5 Å². The zero-order chi connectivity index (χ0) is 14.6. The van der Waals surface area contributed by atoms with Crippen molar-refractivity contribution in [2.75, 3.05) is 33.3 Å². The van der Waals surface area contributed by atoms with E-state index in [9.17, 15) is 8.42 Å². The molecule has 6 heteroatoms. The third-order valence-electron chi connectivity index (χ3n) is 3.73. The van der Waals surface area contributed by atoms with Crippen LogP contribution in [0.3, 0.4) is 0 Å². The van der Waals surface area contributed by atoms with Gasteiger partial charge in [-0.25, -0.2) is 0 Å². The van der Waals surface area contributed by atoms with E-state index in [1.54, 1.807) is 11.4 Å². The average molecular weight is 298 g/mol. The number of hydrogen-bond acceptors (Lipinski definition) is 3. The minimum atomic E-state index is -3.42. The first-order valence-electron chi connectivity index (χ1n) is 6.95. The summed E-state index contributed by atoms with van der Waals surface area (Å²) in [6.07, 6.45) is 1.97. The van der Waals surface area contributed by atoms with Crippen LogP contribution in [0.15, 0.2) is 24.3 Å². The van der Waals surface area contributed by atoms with Gasteiger partial charge < -0.3 is 5.11 Å². The number of benzene rings is 1. The summed E-state index contributed by atoms with van der Waals surface area (Å²) in [5, 5.41) is 8.82. The van der Waals surface area contributed by atoms with Gasteiger partial charge in [0.25, 0.3) is 10.2 Å². The van der Waals surface area contributed by atoms with Crippen LogP contribution in [0.1, 0.15) is 17.5 Å². The van der Waals surface area contributed by atoms with Crippen molar-refractivity contribution in [2.45, 2.75) is 19.3 Å². The second-order valence-corrected chi connectivity index (χ2v) is 7.11. The Hall–Kier alpha value is -0.950. The summed E-state index contributed by atoms with van der Waals surface area (Å²) in [6.45, 7) is 1.39. The lowest BCUT2D eigenvalue weighted by molar-refractivity contribution is 0.271. The van der Waals surface area contributed by atoms with Crippen molar-refractivity contribution >= 4 is 10.2 Å². The molecule has 0 unspecified atom stereocenters. The fraction of sp³-hybridized carbons (Fsp3) is 0.571. The molecule has 2 rings (SSSR count). The van der Waals surface area contributed by atoms with E-state index < -0.39 is 10.2 Å². The van der Waals surface area contributed by atoms with Crippen LogP contribution in [0.4, 0.5) is 0 Å². The van der Waals surface area contributed by atoms with Crippen LogP contribution < -0.4 is 0 Å². The summed E-state index contributed by atoms with van der Waals surface area (Å²) in [5.74, 6) is 0. The van der Waals surface area contributed by atoms with Crippen LogP contribution in [0.5, 0.6) is 0 Å². The summed E-state index contributed by atoms with van der Waals surface area (Å²) in [5.41, 5.74) is 2.48. The molecule has 1 heterocycles. The maximum Gasteiger partial charge on any atom is 0.281 e. The topological polar surface area (TPSA) is 60.9 Å². The van der Waals surface area contributed by atoms with Gasteiger partial charge in [-0.15, -0.1) is 0 Å². The number of fused-ring (bicyclic) bond motifs is 1. The summed E-state index contributed by atoms with van der Waals surface area (Å²) < 4.78 is 27.8. The van der Waals surface area contributed by atoms with Gasteiger partial charge in [-0.2, -0.15) is 17.0 Å². The van der Waals surface area contributed by atoms with E-state index in [1.807, 2.05) is 12.1 Å². The molecule has 0 aliphatic carbocycles. The Morgan fingerprint density at radius 2 is 1.75 bits per heavy atom. The molecule has 1 aliphatic heterocycles. The highest BCUT2D eigenvalue weighted by Crippen LogP contribution is 2.18. The van der Waals surface area contributed by atoms with Crippen LogP contribution in [0.2, 0.25) is 0 Å². The van der Waals surface area contributed by atoms with Crippen LogP contribution in [-0.4, -0.2) is 55.4 Å². The first kappa shape index (κ1) is 15.4. The molecule has 5 nitrogen and oxygen atoms in total. The summed E-state index contributed by atoms with van der Waals surface area (Å²) in [6, 6.07) is 8.13. The van der Waals surface area contributed by atoms with Crippen molar-refractivity contribution in [3.05, 3.63) is 35.4 Å². The molecule has 0 bridgehead atoms. The molecule has 1 N–H and O–H groups in total. The molecule has 1 aromatic carbocycles. The Bertz CT molecular complexity index is 518.